The maximum absolute atomic E-state index is 12.5. The Hall–Kier alpha value is -0.230. The Kier molecular flexibility index (Phi) is 5.34. The highest BCUT2D eigenvalue weighted by atomic mass is 31.2. The molecule has 0 fully saturated rings. The van der Waals surface area contributed by atoms with E-state index in [2.05, 4.69) is 6.58 Å². The fraction of sp³-hybridized carbons (Fsp3) is 0.818. The molecule has 0 aliphatic heterocycles. The smallest absolute Gasteiger partial charge is 0.287 e. The third-order valence-electron chi connectivity index (χ3n) is 1.36. The lowest BCUT2D eigenvalue weighted by Crippen LogP contribution is -2.49. The summed E-state index contributed by atoms with van der Waals surface area (Å²) >= 11 is 0. The molecule has 108 valence electrons. The molecule has 0 amide bonds. The molecular formula is C11H25N2O4P. The lowest BCUT2D eigenvalue weighted by Gasteiger charge is -2.34. The van der Waals surface area contributed by atoms with Crippen LogP contribution < -0.4 is 11.5 Å². The van der Waals surface area contributed by atoms with Crippen molar-refractivity contribution in [1.82, 2.24) is 0 Å². The third kappa shape index (κ3) is 7.97. The van der Waals surface area contributed by atoms with E-state index in [0.717, 1.165) is 6.08 Å². The second kappa shape index (κ2) is 5.41. The molecule has 0 saturated carbocycles. The number of phosphoric ester groups is 1. The Balaban J connectivity index is 5.17. The number of rotatable bonds is 5. The van der Waals surface area contributed by atoms with Gasteiger partial charge >= 0.3 is 7.82 Å². The third-order valence-corrected chi connectivity index (χ3v) is 3.44. The monoisotopic (exact) mass is 280 g/mol. The molecule has 6 nitrogen and oxygen atoms in total. The van der Waals surface area contributed by atoms with Crippen LogP contribution in [0.4, 0.5) is 0 Å². The maximum atomic E-state index is 12.5. The van der Waals surface area contributed by atoms with Crippen molar-refractivity contribution < 1.29 is 18.1 Å². The van der Waals surface area contributed by atoms with Crippen LogP contribution in [-0.4, -0.2) is 17.1 Å². The van der Waals surface area contributed by atoms with Crippen LogP contribution in [0.15, 0.2) is 12.7 Å². The van der Waals surface area contributed by atoms with Gasteiger partial charge < -0.3 is 0 Å². The summed E-state index contributed by atoms with van der Waals surface area (Å²) in [7, 11) is -3.92. The van der Waals surface area contributed by atoms with E-state index in [9.17, 15) is 4.57 Å². The number of hydrogen-bond acceptors (Lipinski definition) is 6. The highest BCUT2D eigenvalue weighted by molar-refractivity contribution is 7.48. The zero-order valence-electron chi connectivity index (χ0n) is 12.0. The van der Waals surface area contributed by atoms with E-state index in [0.29, 0.717) is 0 Å². The van der Waals surface area contributed by atoms with E-state index in [1.165, 1.54) is 0 Å². The van der Waals surface area contributed by atoms with Crippen LogP contribution in [0.5, 0.6) is 0 Å². The molecule has 0 aliphatic carbocycles. The van der Waals surface area contributed by atoms with Gasteiger partial charge in [-0.3, -0.25) is 20.5 Å². The fourth-order valence-electron chi connectivity index (χ4n) is 0.958. The van der Waals surface area contributed by atoms with Crippen LogP contribution in [0.2, 0.25) is 0 Å². The first-order valence-electron chi connectivity index (χ1n) is 5.62. The largest absolute Gasteiger partial charge is 0.478 e. The SMILES string of the molecule is C=CC(N)(N)OP(=O)(OC(C)(C)C)OC(C)(C)C. The fourth-order valence-corrected chi connectivity index (χ4v) is 2.87. The topological polar surface area (TPSA) is 96.8 Å². The molecule has 0 radical (unpaired) electrons. The van der Waals surface area contributed by atoms with E-state index in [1.807, 2.05) is 0 Å². The van der Waals surface area contributed by atoms with Crippen LogP contribution in [0.3, 0.4) is 0 Å². The van der Waals surface area contributed by atoms with E-state index >= 15 is 0 Å². The summed E-state index contributed by atoms with van der Waals surface area (Å²) in [6.45, 7) is 13.7. The van der Waals surface area contributed by atoms with Crippen molar-refractivity contribution in [2.75, 3.05) is 0 Å². The molecule has 18 heavy (non-hydrogen) atoms. The molecular weight excluding hydrogens is 255 g/mol. The molecule has 0 aromatic heterocycles. The molecule has 0 unspecified atom stereocenters. The van der Waals surface area contributed by atoms with Crippen molar-refractivity contribution in [3.05, 3.63) is 12.7 Å². The average molecular weight is 280 g/mol. The van der Waals surface area contributed by atoms with Gasteiger partial charge in [-0.1, -0.05) is 6.58 Å². The molecule has 7 heteroatoms. The normalized spacial score (nSPS) is 14.7. The highest BCUT2D eigenvalue weighted by Crippen LogP contribution is 2.56. The maximum Gasteiger partial charge on any atom is 0.478 e. The zero-order chi connectivity index (χ0) is 14.8. The van der Waals surface area contributed by atoms with Crippen LogP contribution in [0.25, 0.3) is 0 Å². The highest BCUT2D eigenvalue weighted by Gasteiger charge is 2.41. The molecule has 0 rings (SSSR count). The van der Waals surface area contributed by atoms with Gasteiger partial charge in [0.25, 0.3) is 0 Å². The van der Waals surface area contributed by atoms with Crippen LogP contribution in [-0.2, 0) is 18.1 Å². The first kappa shape index (κ1) is 17.8. The summed E-state index contributed by atoms with van der Waals surface area (Å²) < 4.78 is 28.3. The molecule has 0 aromatic carbocycles. The number of hydrogen-bond donors (Lipinski definition) is 2. The van der Waals surface area contributed by atoms with Gasteiger partial charge in [0, 0.05) is 0 Å². The van der Waals surface area contributed by atoms with Crippen LogP contribution >= 0.6 is 7.82 Å². The van der Waals surface area contributed by atoms with E-state index in [-0.39, 0.29) is 0 Å². The lowest BCUT2D eigenvalue weighted by atomic mass is 10.2. The molecule has 0 saturated heterocycles. The van der Waals surface area contributed by atoms with Gasteiger partial charge in [0.2, 0.25) is 5.85 Å². The minimum Gasteiger partial charge on any atom is -0.287 e. The Bertz CT molecular complexity index is 322. The van der Waals surface area contributed by atoms with Crippen molar-refractivity contribution >= 4 is 7.82 Å². The molecule has 0 spiro atoms. The van der Waals surface area contributed by atoms with Crippen molar-refractivity contribution in [2.24, 2.45) is 11.5 Å². The van der Waals surface area contributed by atoms with Crippen LogP contribution in [0, 0.1) is 0 Å². The van der Waals surface area contributed by atoms with E-state index in [1.54, 1.807) is 41.5 Å². The van der Waals surface area contributed by atoms with Gasteiger partial charge in [0.05, 0.1) is 11.2 Å². The minimum absolute atomic E-state index is 0.738. The predicted molar refractivity (Wildman–Crippen MR) is 71.7 cm³/mol. The van der Waals surface area contributed by atoms with E-state index < -0.39 is 24.9 Å². The Morgan fingerprint density at radius 2 is 1.28 bits per heavy atom. The Morgan fingerprint density at radius 3 is 1.50 bits per heavy atom. The zero-order valence-corrected chi connectivity index (χ0v) is 12.9. The van der Waals surface area contributed by atoms with Crippen molar-refractivity contribution in [1.29, 1.82) is 0 Å². The lowest BCUT2D eigenvalue weighted by molar-refractivity contribution is -0.0251. The Morgan fingerprint density at radius 1 is 0.944 bits per heavy atom. The predicted octanol–water partition coefficient (Wildman–Crippen LogP) is 2.50. The van der Waals surface area contributed by atoms with Crippen molar-refractivity contribution in [3.63, 3.8) is 0 Å². The minimum atomic E-state index is -3.92. The molecule has 0 aromatic rings. The van der Waals surface area contributed by atoms with Gasteiger partial charge in [-0.25, -0.2) is 9.09 Å². The summed E-state index contributed by atoms with van der Waals surface area (Å²) in [5.74, 6) is -1.79. The van der Waals surface area contributed by atoms with Gasteiger partial charge in [0.1, 0.15) is 0 Å². The molecule has 0 heterocycles. The molecule has 4 N–H and O–H groups in total. The second-order valence-corrected chi connectivity index (χ2v) is 7.45. The number of nitrogens with two attached hydrogens (primary N) is 2. The van der Waals surface area contributed by atoms with Gasteiger partial charge in [-0.2, -0.15) is 0 Å². The Labute approximate surface area is 109 Å². The first-order chi connectivity index (χ1) is 7.68. The standard InChI is InChI=1S/C11H25N2O4P/c1-8-11(12,13)17-18(14,15-9(2,3)4)16-10(5,6)7/h8H,1,12-13H2,2-7H3. The summed E-state index contributed by atoms with van der Waals surface area (Å²) in [6.07, 6.45) is 1.12. The van der Waals surface area contributed by atoms with E-state index in [4.69, 9.17) is 25.0 Å². The van der Waals surface area contributed by atoms with Gasteiger partial charge in [-0.15, -0.1) is 0 Å². The quantitative estimate of drug-likeness (QED) is 0.456. The molecule has 0 aliphatic rings. The first-order valence-corrected chi connectivity index (χ1v) is 7.08. The van der Waals surface area contributed by atoms with Crippen molar-refractivity contribution in [2.45, 2.75) is 58.6 Å². The summed E-state index contributed by atoms with van der Waals surface area (Å²) in [4.78, 5) is 0. The number of phosphoric acid groups is 1. The van der Waals surface area contributed by atoms with Gasteiger partial charge in [0.15, 0.2) is 0 Å². The molecule has 0 bridgehead atoms. The second-order valence-electron chi connectivity index (χ2n) is 6.00. The summed E-state index contributed by atoms with van der Waals surface area (Å²) in [6, 6.07) is 0. The summed E-state index contributed by atoms with van der Waals surface area (Å²) in [5.41, 5.74) is 9.61. The van der Waals surface area contributed by atoms with Gasteiger partial charge in [-0.05, 0) is 47.6 Å². The average Bonchev–Trinajstić information content (AvgIpc) is 1.93. The molecule has 0 atom stereocenters. The van der Waals surface area contributed by atoms with Crippen molar-refractivity contribution in [3.8, 4) is 0 Å². The van der Waals surface area contributed by atoms with Crippen LogP contribution in [0.1, 0.15) is 41.5 Å². The summed E-state index contributed by atoms with van der Waals surface area (Å²) in [5, 5.41) is 0.